The lowest BCUT2D eigenvalue weighted by atomic mass is 10.3. The van der Waals surface area contributed by atoms with Crippen LogP contribution in [0.15, 0.2) is 0 Å². The van der Waals surface area contributed by atoms with E-state index in [2.05, 4.69) is 4.72 Å². The fourth-order valence-corrected chi connectivity index (χ4v) is 2.88. The van der Waals surface area contributed by atoms with Crippen molar-refractivity contribution >= 4 is 10.0 Å². The molecular formula is C8H18N2O3S. The first-order valence-electron chi connectivity index (χ1n) is 4.80. The van der Waals surface area contributed by atoms with Crippen molar-refractivity contribution in [3.8, 4) is 0 Å². The molecule has 0 saturated heterocycles. The van der Waals surface area contributed by atoms with E-state index in [1.54, 1.807) is 7.11 Å². The highest BCUT2D eigenvalue weighted by atomic mass is 32.2. The molecule has 14 heavy (non-hydrogen) atoms. The zero-order valence-corrected chi connectivity index (χ0v) is 9.22. The lowest BCUT2D eigenvalue weighted by Crippen LogP contribution is -2.36. The van der Waals surface area contributed by atoms with E-state index in [4.69, 9.17) is 10.5 Å². The fraction of sp³-hybridized carbons (Fsp3) is 1.00. The average molecular weight is 222 g/mol. The van der Waals surface area contributed by atoms with Crippen LogP contribution in [0.2, 0.25) is 0 Å². The Morgan fingerprint density at radius 3 is 2.71 bits per heavy atom. The summed E-state index contributed by atoms with van der Waals surface area (Å²) in [5.41, 5.74) is 5.20. The molecule has 1 saturated carbocycles. The topological polar surface area (TPSA) is 81.4 Å². The minimum Gasteiger partial charge on any atom is -0.381 e. The lowest BCUT2D eigenvalue weighted by Gasteiger charge is -2.12. The van der Waals surface area contributed by atoms with Crippen molar-refractivity contribution in [1.29, 1.82) is 0 Å². The van der Waals surface area contributed by atoms with Crippen LogP contribution >= 0.6 is 0 Å². The van der Waals surface area contributed by atoms with Crippen molar-refractivity contribution in [2.24, 2.45) is 5.73 Å². The van der Waals surface area contributed by atoms with E-state index in [1.165, 1.54) is 0 Å². The van der Waals surface area contributed by atoms with Crippen LogP contribution in [0.3, 0.4) is 0 Å². The zero-order chi connectivity index (χ0) is 10.6. The average Bonchev–Trinajstić information content (AvgIpc) is 2.51. The van der Waals surface area contributed by atoms with Gasteiger partial charge in [0.25, 0.3) is 0 Å². The maximum absolute atomic E-state index is 11.3. The first kappa shape index (κ1) is 11.9. The van der Waals surface area contributed by atoms with Gasteiger partial charge in [0.1, 0.15) is 0 Å². The van der Waals surface area contributed by atoms with Crippen molar-refractivity contribution in [1.82, 2.24) is 4.72 Å². The molecule has 0 heterocycles. The van der Waals surface area contributed by atoms with Crippen molar-refractivity contribution in [3.63, 3.8) is 0 Å². The molecule has 5 nitrogen and oxygen atoms in total. The molecule has 2 atom stereocenters. The summed E-state index contributed by atoms with van der Waals surface area (Å²) in [5.74, 6) is 0.00114. The van der Waals surface area contributed by atoms with Gasteiger partial charge in [0.05, 0.1) is 11.9 Å². The van der Waals surface area contributed by atoms with Crippen LogP contribution in [0.5, 0.6) is 0 Å². The molecule has 0 bridgehead atoms. The van der Waals surface area contributed by atoms with Gasteiger partial charge < -0.3 is 10.5 Å². The summed E-state index contributed by atoms with van der Waals surface area (Å²) < 4.78 is 30.5. The fourth-order valence-electron chi connectivity index (χ4n) is 1.73. The van der Waals surface area contributed by atoms with Gasteiger partial charge in [-0.15, -0.1) is 0 Å². The van der Waals surface area contributed by atoms with E-state index in [9.17, 15) is 8.42 Å². The summed E-state index contributed by atoms with van der Waals surface area (Å²) in [6, 6.07) is 0.0245. The third-order valence-corrected chi connectivity index (χ3v) is 3.92. The molecule has 1 aliphatic rings. The normalized spacial score (nSPS) is 28.1. The third-order valence-electron chi connectivity index (χ3n) is 2.45. The van der Waals surface area contributed by atoms with Crippen molar-refractivity contribution < 1.29 is 13.2 Å². The number of rotatable bonds is 5. The second kappa shape index (κ2) is 5.06. The monoisotopic (exact) mass is 222 g/mol. The number of hydrogen-bond acceptors (Lipinski definition) is 4. The van der Waals surface area contributed by atoms with E-state index in [0.29, 0.717) is 0 Å². The minimum absolute atomic E-state index is 0.00114. The molecule has 0 spiro atoms. The van der Waals surface area contributed by atoms with E-state index in [1.807, 2.05) is 0 Å². The molecular weight excluding hydrogens is 204 g/mol. The minimum atomic E-state index is -3.18. The van der Waals surface area contributed by atoms with E-state index in [-0.39, 0.29) is 24.4 Å². The molecule has 6 heteroatoms. The van der Waals surface area contributed by atoms with E-state index < -0.39 is 10.0 Å². The van der Waals surface area contributed by atoms with Gasteiger partial charge in [-0.2, -0.15) is 0 Å². The molecule has 84 valence electrons. The van der Waals surface area contributed by atoms with Crippen molar-refractivity contribution in [2.45, 2.75) is 31.4 Å². The summed E-state index contributed by atoms with van der Waals surface area (Å²) in [6.45, 7) is 0.162. The smallest absolute Gasteiger partial charge is 0.213 e. The molecule has 0 aromatic rings. The number of nitrogens with two attached hydrogens (primary N) is 1. The predicted molar refractivity (Wildman–Crippen MR) is 54.4 cm³/mol. The molecule has 2 unspecified atom stereocenters. The molecule has 3 N–H and O–H groups in total. The van der Waals surface area contributed by atoms with Gasteiger partial charge in [0, 0.05) is 19.7 Å². The first-order valence-corrected chi connectivity index (χ1v) is 6.45. The maximum atomic E-state index is 11.3. The molecule has 0 aromatic carbocycles. The van der Waals surface area contributed by atoms with Gasteiger partial charge >= 0.3 is 0 Å². The Bertz CT molecular complexity index is 266. The third kappa shape index (κ3) is 3.53. The summed E-state index contributed by atoms with van der Waals surface area (Å²) in [5, 5.41) is 0. The summed E-state index contributed by atoms with van der Waals surface area (Å²) in [4.78, 5) is 0. The van der Waals surface area contributed by atoms with Gasteiger partial charge in [-0.25, -0.2) is 13.1 Å². The SMILES string of the molecule is COC1CCC(NS(=O)(=O)CCN)C1. The molecule has 1 rings (SSSR count). The van der Waals surface area contributed by atoms with Gasteiger partial charge in [0.2, 0.25) is 10.0 Å². The molecule has 0 radical (unpaired) electrons. The van der Waals surface area contributed by atoms with Crippen molar-refractivity contribution in [2.75, 3.05) is 19.4 Å². The second-order valence-electron chi connectivity index (χ2n) is 3.59. The van der Waals surface area contributed by atoms with Gasteiger partial charge in [0.15, 0.2) is 0 Å². The highest BCUT2D eigenvalue weighted by Crippen LogP contribution is 2.21. The largest absolute Gasteiger partial charge is 0.381 e. The summed E-state index contributed by atoms with van der Waals surface area (Å²) in [6.07, 6.45) is 2.73. The van der Waals surface area contributed by atoms with Crippen LogP contribution in [-0.4, -0.2) is 40.0 Å². The summed E-state index contributed by atoms with van der Waals surface area (Å²) in [7, 11) is -1.52. The number of ether oxygens (including phenoxy) is 1. The van der Waals surface area contributed by atoms with Crippen LogP contribution in [0.25, 0.3) is 0 Å². The Kier molecular flexibility index (Phi) is 4.31. The Labute approximate surface area is 85.1 Å². The number of sulfonamides is 1. The molecule has 0 aliphatic heterocycles. The van der Waals surface area contributed by atoms with Gasteiger partial charge in [-0.1, -0.05) is 0 Å². The van der Waals surface area contributed by atoms with Gasteiger partial charge in [-0.3, -0.25) is 0 Å². The van der Waals surface area contributed by atoms with E-state index >= 15 is 0 Å². The summed E-state index contributed by atoms with van der Waals surface area (Å²) >= 11 is 0. The molecule has 1 fully saturated rings. The first-order chi connectivity index (χ1) is 6.57. The van der Waals surface area contributed by atoms with Crippen LogP contribution in [0.1, 0.15) is 19.3 Å². The lowest BCUT2D eigenvalue weighted by molar-refractivity contribution is 0.107. The van der Waals surface area contributed by atoms with Crippen LogP contribution in [0, 0.1) is 0 Å². The second-order valence-corrected chi connectivity index (χ2v) is 5.47. The number of nitrogens with one attached hydrogen (secondary N) is 1. The predicted octanol–water partition coefficient (Wildman–Crippen LogP) is -0.568. The number of methoxy groups -OCH3 is 1. The van der Waals surface area contributed by atoms with Crippen LogP contribution in [0.4, 0.5) is 0 Å². The Hall–Kier alpha value is -0.170. The quantitative estimate of drug-likeness (QED) is 0.653. The zero-order valence-electron chi connectivity index (χ0n) is 8.40. The number of hydrogen-bond donors (Lipinski definition) is 2. The highest BCUT2D eigenvalue weighted by Gasteiger charge is 2.27. The molecule has 1 aliphatic carbocycles. The highest BCUT2D eigenvalue weighted by molar-refractivity contribution is 7.89. The Morgan fingerprint density at radius 1 is 1.50 bits per heavy atom. The van der Waals surface area contributed by atoms with Crippen LogP contribution < -0.4 is 10.5 Å². The maximum Gasteiger partial charge on any atom is 0.213 e. The van der Waals surface area contributed by atoms with Gasteiger partial charge in [-0.05, 0) is 19.3 Å². The van der Waals surface area contributed by atoms with Crippen LogP contribution in [-0.2, 0) is 14.8 Å². The molecule has 0 aromatic heterocycles. The van der Waals surface area contributed by atoms with E-state index in [0.717, 1.165) is 19.3 Å². The standard InChI is InChI=1S/C8H18N2O3S/c1-13-8-3-2-7(6-8)10-14(11,12)5-4-9/h7-8,10H,2-6,9H2,1H3. The Morgan fingerprint density at radius 2 is 2.21 bits per heavy atom. The molecule has 0 amide bonds. The van der Waals surface area contributed by atoms with Crippen molar-refractivity contribution in [3.05, 3.63) is 0 Å². The Balaban J connectivity index is 2.39.